The fourth-order valence-corrected chi connectivity index (χ4v) is 1.52. The third-order valence-electron chi connectivity index (χ3n) is 1.06. The highest BCUT2D eigenvalue weighted by Crippen LogP contribution is 2.15. The Morgan fingerprint density at radius 3 is 2.70 bits per heavy atom. The van der Waals surface area contributed by atoms with Crippen LogP contribution in [0.25, 0.3) is 0 Å². The van der Waals surface area contributed by atoms with Gasteiger partial charge >= 0.3 is 0 Å². The molecule has 2 nitrogen and oxygen atoms in total. The second-order valence-electron chi connectivity index (χ2n) is 2.63. The van der Waals surface area contributed by atoms with Gasteiger partial charge in [-0.2, -0.15) is 4.37 Å². The molecule has 10 heavy (non-hydrogen) atoms. The lowest BCUT2D eigenvalue weighted by molar-refractivity contribution is 0.904. The first-order chi connectivity index (χ1) is 4.68. The van der Waals surface area contributed by atoms with Crippen molar-refractivity contribution in [3.05, 3.63) is 11.8 Å². The Morgan fingerprint density at radius 1 is 1.60 bits per heavy atom. The standard InChI is InChI=1S/C7H12N2S/c1-5(2)8-7-4-6(3)9-10-7/h4-5,8H,1-3H3. The first kappa shape index (κ1) is 7.54. The number of aromatic nitrogens is 1. The highest BCUT2D eigenvalue weighted by Gasteiger charge is 1.97. The Labute approximate surface area is 65.4 Å². The maximum Gasteiger partial charge on any atom is 0.109 e. The van der Waals surface area contributed by atoms with Crippen LogP contribution in [0.15, 0.2) is 6.07 Å². The molecule has 0 amide bonds. The number of hydrogen-bond donors (Lipinski definition) is 1. The average molecular weight is 156 g/mol. The van der Waals surface area contributed by atoms with Crippen LogP contribution in [0, 0.1) is 6.92 Å². The summed E-state index contributed by atoms with van der Waals surface area (Å²) >= 11 is 1.52. The molecule has 0 bridgehead atoms. The molecule has 0 aromatic carbocycles. The normalized spacial score (nSPS) is 10.4. The number of rotatable bonds is 2. The molecule has 0 saturated heterocycles. The third-order valence-corrected chi connectivity index (χ3v) is 1.87. The van der Waals surface area contributed by atoms with E-state index in [9.17, 15) is 0 Å². The summed E-state index contributed by atoms with van der Waals surface area (Å²) in [6.07, 6.45) is 0. The number of nitrogens with zero attached hydrogens (tertiary/aromatic N) is 1. The molecule has 1 aromatic heterocycles. The molecule has 1 rings (SSSR count). The van der Waals surface area contributed by atoms with Gasteiger partial charge in [0.15, 0.2) is 0 Å². The second kappa shape index (κ2) is 3.01. The SMILES string of the molecule is Cc1cc(NC(C)C)sn1. The second-order valence-corrected chi connectivity index (χ2v) is 3.44. The Kier molecular flexibility index (Phi) is 2.27. The zero-order chi connectivity index (χ0) is 7.56. The number of aryl methyl sites for hydroxylation is 1. The van der Waals surface area contributed by atoms with Crippen molar-refractivity contribution >= 4 is 16.5 Å². The van der Waals surface area contributed by atoms with E-state index in [1.54, 1.807) is 0 Å². The van der Waals surface area contributed by atoms with Gasteiger partial charge in [0.1, 0.15) is 5.00 Å². The summed E-state index contributed by atoms with van der Waals surface area (Å²) in [5.41, 5.74) is 1.09. The van der Waals surface area contributed by atoms with Crippen molar-refractivity contribution in [2.24, 2.45) is 0 Å². The van der Waals surface area contributed by atoms with Crippen LogP contribution in [0.5, 0.6) is 0 Å². The number of anilines is 1. The van der Waals surface area contributed by atoms with E-state index in [1.807, 2.05) is 6.92 Å². The summed E-state index contributed by atoms with van der Waals surface area (Å²) in [6, 6.07) is 2.56. The van der Waals surface area contributed by atoms with Gasteiger partial charge in [0.25, 0.3) is 0 Å². The topological polar surface area (TPSA) is 24.9 Å². The van der Waals surface area contributed by atoms with Crippen LogP contribution in [0.4, 0.5) is 5.00 Å². The molecule has 1 N–H and O–H groups in total. The minimum atomic E-state index is 0.500. The molecule has 0 saturated carbocycles. The average Bonchev–Trinajstić information content (AvgIpc) is 2.13. The fourth-order valence-electron chi connectivity index (χ4n) is 0.716. The molecule has 0 aliphatic carbocycles. The molecular formula is C7H12N2S. The summed E-state index contributed by atoms with van der Waals surface area (Å²) in [7, 11) is 0. The zero-order valence-corrected chi connectivity index (χ0v) is 7.33. The summed E-state index contributed by atoms with van der Waals surface area (Å²) in [4.78, 5) is 0. The van der Waals surface area contributed by atoms with E-state index in [0.717, 1.165) is 10.7 Å². The predicted octanol–water partition coefficient (Wildman–Crippen LogP) is 2.27. The van der Waals surface area contributed by atoms with Crippen molar-refractivity contribution in [1.29, 1.82) is 0 Å². The van der Waals surface area contributed by atoms with E-state index >= 15 is 0 Å². The lowest BCUT2D eigenvalue weighted by Crippen LogP contribution is -2.07. The van der Waals surface area contributed by atoms with Crippen LogP contribution in [0.3, 0.4) is 0 Å². The van der Waals surface area contributed by atoms with E-state index in [0.29, 0.717) is 6.04 Å². The maximum absolute atomic E-state index is 4.15. The van der Waals surface area contributed by atoms with Gasteiger partial charge in [-0.15, -0.1) is 0 Å². The van der Waals surface area contributed by atoms with Gasteiger partial charge in [0.2, 0.25) is 0 Å². The highest BCUT2D eigenvalue weighted by molar-refractivity contribution is 7.10. The van der Waals surface area contributed by atoms with Crippen LogP contribution in [0.2, 0.25) is 0 Å². The van der Waals surface area contributed by atoms with Gasteiger partial charge in [-0.25, -0.2) is 0 Å². The lowest BCUT2D eigenvalue weighted by atomic mass is 10.4. The van der Waals surface area contributed by atoms with E-state index in [2.05, 4.69) is 29.6 Å². The van der Waals surface area contributed by atoms with Gasteiger partial charge in [-0.05, 0) is 38.4 Å². The van der Waals surface area contributed by atoms with E-state index in [1.165, 1.54) is 11.5 Å². The largest absolute Gasteiger partial charge is 0.373 e. The molecule has 0 aliphatic heterocycles. The predicted molar refractivity (Wildman–Crippen MR) is 45.6 cm³/mol. The molecule has 0 fully saturated rings. The van der Waals surface area contributed by atoms with Crippen LogP contribution >= 0.6 is 11.5 Å². The number of nitrogens with one attached hydrogen (secondary N) is 1. The Hall–Kier alpha value is -0.570. The third kappa shape index (κ3) is 1.99. The van der Waals surface area contributed by atoms with Crippen LogP contribution < -0.4 is 5.32 Å². The van der Waals surface area contributed by atoms with Gasteiger partial charge in [-0.1, -0.05) is 0 Å². The molecule has 0 radical (unpaired) electrons. The van der Waals surface area contributed by atoms with Gasteiger partial charge in [0.05, 0.1) is 5.69 Å². The van der Waals surface area contributed by atoms with Crippen LogP contribution in [-0.4, -0.2) is 10.4 Å². The molecular weight excluding hydrogens is 144 g/mol. The minimum absolute atomic E-state index is 0.500. The van der Waals surface area contributed by atoms with Crippen molar-refractivity contribution in [3.63, 3.8) is 0 Å². The first-order valence-electron chi connectivity index (χ1n) is 3.38. The first-order valence-corrected chi connectivity index (χ1v) is 4.15. The van der Waals surface area contributed by atoms with Gasteiger partial charge in [0, 0.05) is 6.04 Å². The fraction of sp³-hybridized carbons (Fsp3) is 0.571. The molecule has 0 aliphatic rings. The molecule has 1 heterocycles. The summed E-state index contributed by atoms with van der Waals surface area (Å²) in [5.74, 6) is 0. The van der Waals surface area contributed by atoms with Crippen molar-refractivity contribution in [1.82, 2.24) is 4.37 Å². The molecule has 0 spiro atoms. The summed E-state index contributed by atoms with van der Waals surface area (Å²) < 4.78 is 4.15. The molecule has 1 aromatic rings. The van der Waals surface area contributed by atoms with Gasteiger partial charge < -0.3 is 5.32 Å². The molecule has 3 heteroatoms. The van der Waals surface area contributed by atoms with E-state index in [4.69, 9.17) is 0 Å². The van der Waals surface area contributed by atoms with Crippen molar-refractivity contribution in [2.45, 2.75) is 26.8 Å². The monoisotopic (exact) mass is 156 g/mol. The lowest BCUT2D eigenvalue weighted by Gasteiger charge is -2.04. The van der Waals surface area contributed by atoms with Crippen molar-refractivity contribution in [2.75, 3.05) is 5.32 Å². The Morgan fingerprint density at radius 2 is 2.30 bits per heavy atom. The van der Waals surface area contributed by atoms with E-state index < -0.39 is 0 Å². The maximum atomic E-state index is 4.15. The molecule has 0 atom stereocenters. The van der Waals surface area contributed by atoms with Gasteiger partial charge in [-0.3, -0.25) is 0 Å². The van der Waals surface area contributed by atoms with Crippen molar-refractivity contribution < 1.29 is 0 Å². The zero-order valence-electron chi connectivity index (χ0n) is 6.51. The Bertz CT molecular complexity index is 205. The Balaban J connectivity index is 2.58. The van der Waals surface area contributed by atoms with E-state index in [-0.39, 0.29) is 0 Å². The van der Waals surface area contributed by atoms with Crippen LogP contribution in [0.1, 0.15) is 19.5 Å². The van der Waals surface area contributed by atoms with Crippen LogP contribution in [-0.2, 0) is 0 Å². The minimum Gasteiger partial charge on any atom is -0.373 e. The quantitative estimate of drug-likeness (QED) is 0.710. The molecule has 0 unspecified atom stereocenters. The number of hydrogen-bond acceptors (Lipinski definition) is 3. The smallest absolute Gasteiger partial charge is 0.109 e. The van der Waals surface area contributed by atoms with Crippen molar-refractivity contribution in [3.8, 4) is 0 Å². The highest BCUT2D eigenvalue weighted by atomic mass is 32.1. The summed E-state index contributed by atoms with van der Waals surface area (Å²) in [6.45, 7) is 6.24. The summed E-state index contributed by atoms with van der Waals surface area (Å²) in [5, 5.41) is 4.44. The molecule has 56 valence electrons.